The molecule has 162 valence electrons. The zero-order valence-corrected chi connectivity index (χ0v) is 17.8. The molecule has 0 bridgehead atoms. The van der Waals surface area contributed by atoms with E-state index in [1.807, 2.05) is 24.3 Å². The highest BCUT2D eigenvalue weighted by Gasteiger charge is 2.18. The van der Waals surface area contributed by atoms with E-state index >= 15 is 0 Å². The number of methoxy groups -OCH3 is 3. The molecule has 3 rings (SSSR count). The number of anilines is 1. The highest BCUT2D eigenvalue weighted by molar-refractivity contribution is 5.76. The lowest BCUT2D eigenvalue weighted by atomic mass is 10.1. The Morgan fingerprint density at radius 2 is 1.83 bits per heavy atom. The third-order valence-electron chi connectivity index (χ3n) is 5.06. The second-order valence-corrected chi connectivity index (χ2v) is 6.86. The molecule has 1 fully saturated rings. The number of amides is 1. The van der Waals surface area contributed by atoms with Gasteiger partial charge in [0, 0.05) is 37.8 Å². The first-order valence-corrected chi connectivity index (χ1v) is 9.99. The van der Waals surface area contributed by atoms with Crippen molar-refractivity contribution in [3.8, 4) is 17.2 Å². The Balaban J connectivity index is 1.60. The zero-order chi connectivity index (χ0) is 21.3. The lowest BCUT2D eigenvalue weighted by molar-refractivity contribution is -0.121. The minimum Gasteiger partial charge on any atom is -0.493 e. The number of nitrogens with zero attached hydrogens (tertiary/aromatic N) is 2. The topological polar surface area (TPSA) is 82.2 Å². The van der Waals surface area contributed by atoms with Crippen molar-refractivity contribution in [3.63, 3.8) is 0 Å². The van der Waals surface area contributed by atoms with Gasteiger partial charge in [-0.2, -0.15) is 0 Å². The summed E-state index contributed by atoms with van der Waals surface area (Å²) in [5.41, 5.74) is 1.89. The maximum atomic E-state index is 12.5. The van der Waals surface area contributed by atoms with Crippen LogP contribution in [0.2, 0.25) is 0 Å². The Labute approximate surface area is 177 Å². The van der Waals surface area contributed by atoms with Crippen LogP contribution in [0.25, 0.3) is 0 Å². The largest absolute Gasteiger partial charge is 0.493 e. The van der Waals surface area contributed by atoms with E-state index in [9.17, 15) is 4.79 Å². The van der Waals surface area contributed by atoms with E-state index in [0.717, 1.165) is 30.0 Å². The SMILES string of the molecule is COc1ccc(CCC(=O)NCc2cccnc2N2CCOCC2)c(OC)c1OC. The quantitative estimate of drug-likeness (QED) is 0.672. The number of morpholine rings is 1. The van der Waals surface area contributed by atoms with Crippen molar-refractivity contribution in [1.82, 2.24) is 10.3 Å². The van der Waals surface area contributed by atoms with Gasteiger partial charge in [0.25, 0.3) is 0 Å². The maximum Gasteiger partial charge on any atom is 0.220 e. The average molecular weight is 415 g/mol. The summed E-state index contributed by atoms with van der Waals surface area (Å²) in [6, 6.07) is 7.60. The summed E-state index contributed by atoms with van der Waals surface area (Å²) in [5, 5.41) is 3.00. The van der Waals surface area contributed by atoms with Crippen LogP contribution in [0, 0.1) is 0 Å². The fraction of sp³-hybridized carbons (Fsp3) is 0.455. The highest BCUT2D eigenvalue weighted by Crippen LogP contribution is 2.40. The normalized spacial score (nSPS) is 13.6. The molecule has 0 unspecified atom stereocenters. The highest BCUT2D eigenvalue weighted by atomic mass is 16.5. The molecule has 0 radical (unpaired) electrons. The number of pyridine rings is 1. The minimum atomic E-state index is -0.0383. The van der Waals surface area contributed by atoms with E-state index in [2.05, 4.69) is 15.2 Å². The zero-order valence-electron chi connectivity index (χ0n) is 17.8. The third-order valence-corrected chi connectivity index (χ3v) is 5.06. The van der Waals surface area contributed by atoms with Gasteiger partial charge in [0.2, 0.25) is 11.7 Å². The predicted molar refractivity (Wildman–Crippen MR) is 114 cm³/mol. The number of carbonyl (C=O) groups is 1. The minimum absolute atomic E-state index is 0.0383. The first-order chi connectivity index (χ1) is 14.7. The number of hydrogen-bond donors (Lipinski definition) is 1. The number of rotatable bonds is 9. The summed E-state index contributed by atoms with van der Waals surface area (Å²) in [6.07, 6.45) is 2.64. The van der Waals surface area contributed by atoms with Crippen molar-refractivity contribution in [1.29, 1.82) is 0 Å². The lowest BCUT2D eigenvalue weighted by Gasteiger charge is -2.29. The molecule has 0 spiro atoms. The summed E-state index contributed by atoms with van der Waals surface area (Å²) in [5.74, 6) is 2.58. The Morgan fingerprint density at radius 3 is 2.53 bits per heavy atom. The van der Waals surface area contributed by atoms with Gasteiger partial charge in [0.1, 0.15) is 5.82 Å². The van der Waals surface area contributed by atoms with Gasteiger partial charge >= 0.3 is 0 Å². The van der Waals surface area contributed by atoms with E-state index in [0.29, 0.717) is 49.8 Å². The maximum absolute atomic E-state index is 12.5. The molecule has 2 heterocycles. The number of hydrogen-bond acceptors (Lipinski definition) is 7. The number of carbonyl (C=O) groups excluding carboxylic acids is 1. The van der Waals surface area contributed by atoms with E-state index in [1.165, 1.54) is 0 Å². The number of benzene rings is 1. The van der Waals surface area contributed by atoms with E-state index in [1.54, 1.807) is 27.5 Å². The molecule has 0 aliphatic carbocycles. The molecular weight excluding hydrogens is 386 g/mol. The van der Waals surface area contributed by atoms with Crippen molar-refractivity contribution in [2.24, 2.45) is 0 Å². The van der Waals surface area contributed by atoms with Gasteiger partial charge in [-0.25, -0.2) is 4.98 Å². The molecule has 1 saturated heterocycles. The molecule has 8 heteroatoms. The first-order valence-electron chi connectivity index (χ1n) is 9.99. The molecule has 1 aliphatic rings. The van der Waals surface area contributed by atoms with Crippen LogP contribution in [-0.2, 0) is 22.5 Å². The molecule has 1 N–H and O–H groups in total. The van der Waals surface area contributed by atoms with Crippen LogP contribution in [0.1, 0.15) is 17.5 Å². The second kappa shape index (κ2) is 10.7. The molecule has 0 atom stereocenters. The van der Waals surface area contributed by atoms with Crippen LogP contribution in [0.4, 0.5) is 5.82 Å². The smallest absolute Gasteiger partial charge is 0.220 e. The van der Waals surface area contributed by atoms with Crippen LogP contribution in [-0.4, -0.2) is 58.5 Å². The van der Waals surface area contributed by atoms with Crippen LogP contribution in [0.5, 0.6) is 17.2 Å². The van der Waals surface area contributed by atoms with Gasteiger partial charge < -0.3 is 29.2 Å². The van der Waals surface area contributed by atoms with Gasteiger partial charge in [0.15, 0.2) is 11.5 Å². The van der Waals surface area contributed by atoms with Crippen molar-refractivity contribution in [2.75, 3.05) is 52.5 Å². The van der Waals surface area contributed by atoms with Crippen LogP contribution < -0.4 is 24.4 Å². The average Bonchev–Trinajstić information content (AvgIpc) is 2.81. The lowest BCUT2D eigenvalue weighted by Crippen LogP contribution is -2.37. The van der Waals surface area contributed by atoms with E-state index in [-0.39, 0.29) is 5.91 Å². The van der Waals surface area contributed by atoms with Crippen LogP contribution >= 0.6 is 0 Å². The summed E-state index contributed by atoms with van der Waals surface area (Å²) in [6.45, 7) is 3.42. The monoisotopic (exact) mass is 415 g/mol. The molecule has 1 amide bonds. The summed E-state index contributed by atoms with van der Waals surface area (Å²) >= 11 is 0. The number of ether oxygens (including phenoxy) is 4. The van der Waals surface area contributed by atoms with Gasteiger partial charge in [-0.05, 0) is 24.1 Å². The van der Waals surface area contributed by atoms with Crippen molar-refractivity contribution in [3.05, 3.63) is 41.6 Å². The van der Waals surface area contributed by atoms with Gasteiger partial charge in [0.05, 0.1) is 34.5 Å². The summed E-state index contributed by atoms with van der Waals surface area (Å²) < 4.78 is 21.6. The summed E-state index contributed by atoms with van der Waals surface area (Å²) in [7, 11) is 4.72. The van der Waals surface area contributed by atoms with E-state index in [4.69, 9.17) is 18.9 Å². The molecule has 1 aromatic heterocycles. The van der Waals surface area contributed by atoms with Gasteiger partial charge in [-0.3, -0.25) is 4.79 Å². The molecular formula is C22H29N3O5. The van der Waals surface area contributed by atoms with Crippen molar-refractivity contribution < 1.29 is 23.7 Å². The van der Waals surface area contributed by atoms with Gasteiger partial charge in [-0.15, -0.1) is 0 Å². The Morgan fingerprint density at radius 1 is 1.07 bits per heavy atom. The number of aromatic nitrogens is 1. The molecule has 1 aliphatic heterocycles. The Bertz CT molecular complexity index is 853. The number of nitrogens with one attached hydrogen (secondary N) is 1. The van der Waals surface area contributed by atoms with Crippen molar-refractivity contribution >= 4 is 11.7 Å². The summed E-state index contributed by atoms with van der Waals surface area (Å²) in [4.78, 5) is 19.2. The fourth-order valence-electron chi connectivity index (χ4n) is 3.52. The fourth-order valence-corrected chi connectivity index (χ4v) is 3.52. The molecule has 0 saturated carbocycles. The molecule has 1 aromatic carbocycles. The van der Waals surface area contributed by atoms with Crippen molar-refractivity contribution in [2.45, 2.75) is 19.4 Å². The van der Waals surface area contributed by atoms with E-state index < -0.39 is 0 Å². The Hall–Kier alpha value is -3.00. The standard InChI is InChI=1S/C22H29N3O5/c1-27-18-8-6-16(20(28-2)21(18)29-3)7-9-19(26)24-15-17-5-4-10-23-22(17)25-11-13-30-14-12-25/h4-6,8,10H,7,9,11-15H2,1-3H3,(H,24,26). The number of aryl methyl sites for hydroxylation is 1. The molecule has 2 aromatic rings. The molecule has 30 heavy (non-hydrogen) atoms. The third kappa shape index (κ3) is 5.13. The molecule has 8 nitrogen and oxygen atoms in total. The predicted octanol–water partition coefficient (Wildman–Crippen LogP) is 2.19. The van der Waals surface area contributed by atoms with Crippen LogP contribution in [0.3, 0.4) is 0 Å². The van der Waals surface area contributed by atoms with Crippen LogP contribution in [0.15, 0.2) is 30.5 Å². The Kier molecular flexibility index (Phi) is 7.73. The first kappa shape index (κ1) is 21.7. The second-order valence-electron chi connectivity index (χ2n) is 6.86. The van der Waals surface area contributed by atoms with Gasteiger partial charge in [-0.1, -0.05) is 12.1 Å².